The van der Waals surface area contributed by atoms with Crippen LogP contribution in [0.4, 0.5) is 0 Å². The minimum atomic E-state index is 0.708. The summed E-state index contributed by atoms with van der Waals surface area (Å²) < 4.78 is 0. The molecular weight excluding hydrogens is 232 g/mol. The third-order valence-electron chi connectivity index (χ3n) is 2.79. The number of rotatable bonds is 5. The van der Waals surface area contributed by atoms with Gasteiger partial charge in [0.2, 0.25) is 0 Å². The Bertz CT molecular complexity index is 394. The molecule has 100 valence electrons. The molecule has 0 radical (unpaired) electrons. The summed E-state index contributed by atoms with van der Waals surface area (Å²) in [6, 6.07) is 21.2. The van der Waals surface area contributed by atoms with Crippen molar-refractivity contribution in [2.75, 3.05) is 0 Å². The molecule has 0 spiro atoms. The van der Waals surface area contributed by atoms with Crippen LogP contribution in [0.3, 0.4) is 0 Å². The van der Waals surface area contributed by atoms with Gasteiger partial charge >= 0.3 is 0 Å². The zero-order valence-corrected chi connectivity index (χ0v) is 11.6. The lowest BCUT2D eigenvalue weighted by molar-refractivity contribution is -0.107. The first kappa shape index (κ1) is 15.2. The van der Waals surface area contributed by atoms with Gasteiger partial charge in [0.05, 0.1) is 0 Å². The van der Waals surface area contributed by atoms with Gasteiger partial charge in [-0.25, -0.2) is 0 Å². The molecule has 0 aliphatic carbocycles. The van der Waals surface area contributed by atoms with Crippen LogP contribution in [0.5, 0.6) is 0 Å². The van der Waals surface area contributed by atoms with E-state index in [2.05, 4.69) is 60.7 Å². The molecule has 2 aromatic carbocycles. The summed E-state index contributed by atoms with van der Waals surface area (Å²) >= 11 is 0. The molecule has 1 heteroatoms. The van der Waals surface area contributed by atoms with E-state index in [1.165, 1.54) is 11.1 Å². The molecule has 19 heavy (non-hydrogen) atoms. The van der Waals surface area contributed by atoms with Gasteiger partial charge in [0.1, 0.15) is 6.29 Å². The van der Waals surface area contributed by atoms with Crippen LogP contribution >= 0.6 is 0 Å². The average molecular weight is 254 g/mol. The molecule has 0 amide bonds. The van der Waals surface area contributed by atoms with Gasteiger partial charge in [-0.2, -0.15) is 0 Å². The van der Waals surface area contributed by atoms with Gasteiger partial charge in [-0.3, -0.25) is 0 Å². The molecule has 0 saturated carbocycles. The van der Waals surface area contributed by atoms with E-state index in [1.54, 1.807) is 0 Å². The fourth-order valence-corrected chi connectivity index (χ4v) is 1.70. The number of hydrogen-bond donors (Lipinski definition) is 0. The number of aryl methyl sites for hydroxylation is 2. The van der Waals surface area contributed by atoms with Gasteiger partial charge in [-0.1, -0.05) is 67.6 Å². The first-order valence-corrected chi connectivity index (χ1v) is 6.88. The summed E-state index contributed by atoms with van der Waals surface area (Å²) in [5.74, 6) is 0. The second-order valence-corrected chi connectivity index (χ2v) is 4.43. The summed E-state index contributed by atoms with van der Waals surface area (Å²) in [6.45, 7) is 1.98. The Morgan fingerprint density at radius 3 is 1.47 bits per heavy atom. The molecule has 1 nitrogen and oxygen atoms in total. The highest BCUT2D eigenvalue weighted by molar-refractivity contribution is 5.48. The van der Waals surface area contributed by atoms with Crippen LogP contribution in [0.2, 0.25) is 0 Å². The lowest BCUT2D eigenvalue weighted by atomic mass is 10.0. The van der Waals surface area contributed by atoms with Crippen LogP contribution in [0.1, 0.15) is 30.9 Å². The second kappa shape index (κ2) is 10.1. The van der Waals surface area contributed by atoms with Crippen molar-refractivity contribution < 1.29 is 4.79 Å². The number of unbranched alkanes of at least 4 members (excludes halogenated alkanes) is 1. The minimum Gasteiger partial charge on any atom is -0.303 e. The number of carbonyl (C=O) groups is 1. The van der Waals surface area contributed by atoms with Crippen molar-refractivity contribution in [1.82, 2.24) is 0 Å². The van der Waals surface area contributed by atoms with Crippen LogP contribution in [-0.2, 0) is 17.6 Å². The lowest BCUT2D eigenvalue weighted by Gasteiger charge is -2.01. The van der Waals surface area contributed by atoms with E-state index < -0.39 is 0 Å². The van der Waals surface area contributed by atoms with E-state index in [0.717, 1.165) is 25.5 Å². The average Bonchev–Trinajstić information content (AvgIpc) is 2.49. The zero-order chi connectivity index (χ0) is 13.8. The Labute approximate surface area is 116 Å². The molecule has 0 N–H and O–H groups in total. The predicted molar refractivity (Wildman–Crippen MR) is 81.3 cm³/mol. The fourth-order valence-electron chi connectivity index (χ4n) is 1.70. The van der Waals surface area contributed by atoms with Gasteiger partial charge in [-0.15, -0.1) is 0 Å². The quantitative estimate of drug-likeness (QED) is 0.720. The third-order valence-corrected chi connectivity index (χ3v) is 2.79. The van der Waals surface area contributed by atoms with Crippen LogP contribution < -0.4 is 0 Å². The Morgan fingerprint density at radius 2 is 1.21 bits per heavy atom. The number of aldehydes is 1. The molecule has 0 aliphatic heterocycles. The summed E-state index contributed by atoms with van der Waals surface area (Å²) in [4.78, 5) is 9.40. The van der Waals surface area contributed by atoms with Crippen LogP contribution in [-0.4, -0.2) is 6.29 Å². The SMILES string of the molecule is CCCC=O.c1ccc(CCc2ccccc2)cc1. The Balaban J connectivity index is 0.000000312. The molecule has 0 atom stereocenters. The maximum atomic E-state index is 9.40. The van der Waals surface area contributed by atoms with Gasteiger partial charge in [0.15, 0.2) is 0 Å². The van der Waals surface area contributed by atoms with E-state index in [0.29, 0.717) is 6.42 Å². The van der Waals surface area contributed by atoms with Crippen molar-refractivity contribution in [2.24, 2.45) is 0 Å². The highest BCUT2D eigenvalue weighted by Crippen LogP contribution is 2.06. The highest BCUT2D eigenvalue weighted by atomic mass is 16.1. The Hall–Kier alpha value is -1.89. The van der Waals surface area contributed by atoms with Crippen LogP contribution in [0.15, 0.2) is 60.7 Å². The minimum absolute atomic E-state index is 0.708. The molecule has 0 saturated heterocycles. The molecular formula is C18H22O. The van der Waals surface area contributed by atoms with E-state index in [4.69, 9.17) is 0 Å². The maximum absolute atomic E-state index is 9.40. The summed E-state index contributed by atoms with van der Waals surface area (Å²) in [5.41, 5.74) is 2.83. The van der Waals surface area contributed by atoms with Gasteiger partial charge in [0, 0.05) is 6.42 Å². The van der Waals surface area contributed by atoms with Crippen molar-refractivity contribution in [3.05, 3.63) is 71.8 Å². The molecule has 0 aromatic heterocycles. The molecule has 0 aliphatic rings. The first-order valence-electron chi connectivity index (χ1n) is 6.88. The Morgan fingerprint density at radius 1 is 0.789 bits per heavy atom. The molecule has 0 bridgehead atoms. The highest BCUT2D eigenvalue weighted by Gasteiger charge is 1.93. The molecule has 2 rings (SSSR count). The van der Waals surface area contributed by atoms with Crippen molar-refractivity contribution in [2.45, 2.75) is 32.6 Å². The normalized spacial score (nSPS) is 9.32. The van der Waals surface area contributed by atoms with Crippen LogP contribution in [0.25, 0.3) is 0 Å². The van der Waals surface area contributed by atoms with Gasteiger partial charge in [0.25, 0.3) is 0 Å². The van der Waals surface area contributed by atoms with Crippen molar-refractivity contribution in [3.63, 3.8) is 0 Å². The standard InChI is InChI=1S/C14H14.C4H8O/c1-3-7-13(8-4-1)11-12-14-9-5-2-6-10-14;1-2-3-4-5/h1-10H,11-12H2;4H,2-3H2,1H3. The number of carbonyl (C=O) groups excluding carboxylic acids is 1. The fraction of sp³-hybridized carbons (Fsp3) is 0.278. The van der Waals surface area contributed by atoms with Crippen molar-refractivity contribution >= 4 is 6.29 Å². The Kier molecular flexibility index (Phi) is 8.04. The monoisotopic (exact) mass is 254 g/mol. The maximum Gasteiger partial charge on any atom is 0.119 e. The van der Waals surface area contributed by atoms with Crippen LogP contribution in [0, 0.1) is 0 Å². The van der Waals surface area contributed by atoms with E-state index in [1.807, 2.05) is 6.92 Å². The summed E-state index contributed by atoms with van der Waals surface area (Å²) in [7, 11) is 0. The number of benzene rings is 2. The molecule has 2 aromatic rings. The largest absolute Gasteiger partial charge is 0.303 e. The first-order chi connectivity index (χ1) is 9.36. The summed E-state index contributed by atoms with van der Waals surface area (Å²) in [5, 5.41) is 0. The second-order valence-electron chi connectivity index (χ2n) is 4.43. The van der Waals surface area contributed by atoms with E-state index in [9.17, 15) is 4.79 Å². The topological polar surface area (TPSA) is 17.1 Å². The molecule has 0 heterocycles. The predicted octanol–water partition coefficient (Wildman–Crippen LogP) is 4.46. The van der Waals surface area contributed by atoms with E-state index >= 15 is 0 Å². The smallest absolute Gasteiger partial charge is 0.119 e. The van der Waals surface area contributed by atoms with E-state index in [-0.39, 0.29) is 0 Å². The van der Waals surface area contributed by atoms with Gasteiger partial charge in [-0.05, 0) is 30.4 Å². The summed E-state index contributed by atoms with van der Waals surface area (Å²) in [6.07, 6.45) is 4.87. The van der Waals surface area contributed by atoms with Crippen molar-refractivity contribution in [3.8, 4) is 0 Å². The zero-order valence-electron chi connectivity index (χ0n) is 11.6. The molecule has 0 fully saturated rings. The van der Waals surface area contributed by atoms with Crippen molar-refractivity contribution in [1.29, 1.82) is 0 Å². The lowest BCUT2D eigenvalue weighted by Crippen LogP contribution is -1.89. The molecule has 0 unspecified atom stereocenters. The number of hydrogen-bond acceptors (Lipinski definition) is 1. The van der Waals surface area contributed by atoms with Gasteiger partial charge < -0.3 is 4.79 Å². The third kappa shape index (κ3) is 7.20.